The molecule has 2 heteroatoms. The van der Waals surface area contributed by atoms with Gasteiger partial charge in [0.15, 0.2) is 0 Å². The minimum absolute atomic E-state index is 0.554. The van der Waals surface area contributed by atoms with Crippen LogP contribution in [0.3, 0.4) is 0 Å². The van der Waals surface area contributed by atoms with Crippen LogP contribution in [0.5, 0.6) is 0 Å². The van der Waals surface area contributed by atoms with Gasteiger partial charge in [-0.2, -0.15) is 0 Å². The maximum atomic E-state index is 3.56. The molecule has 0 aliphatic carbocycles. The molecule has 15 heavy (non-hydrogen) atoms. The summed E-state index contributed by atoms with van der Waals surface area (Å²) in [6.45, 7) is 6.62. The van der Waals surface area contributed by atoms with E-state index in [-0.39, 0.29) is 0 Å². The van der Waals surface area contributed by atoms with Crippen LogP contribution in [0.1, 0.15) is 38.7 Å². The van der Waals surface area contributed by atoms with Crippen molar-refractivity contribution in [1.29, 1.82) is 0 Å². The van der Waals surface area contributed by atoms with Crippen LogP contribution in [-0.4, -0.2) is 6.04 Å². The first kappa shape index (κ1) is 12.6. The van der Waals surface area contributed by atoms with Crippen LogP contribution in [0, 0.1) is 6.92 Å². The van der Waals surface area contributed by atoms with E-state index in [1.54, 1.807) is 0 Å². The number of hydrogen-bond acceptors (Lipinski definition) is 1. The first-order valence-corrected chi connectivity index (χ1v) is 6.46. The molecule has 0 radical (unpaired) electrons. The summed E-state index contributed by atoms with van der Waals surface area (Å²) in [6.07, 6.45) is 3.80. The molecular formula is C13H20BrN. The minimum atomic E-state index is 0.554. The van der Waals surface area contributed by atoms with E-state index in [0.29, 0.717) is 6.04 Å². The Kier molecular flexibility index (Phi) is 5.16. The van der Waals surface area contributed by atoms with E-state index in [1.807, 2.05) is 0 Å². The molecule has 0 aliphatic rings. The molecular weight excluding hydrogens is 250 g/mol. The Balaban J connectivity index is 2.60. The number of unbranched alkanes of at least 4 members (excludes halogenated alkanes) is 1. The van der Waals surface area contributed by atoms with E-state index < -0.39 is 0 Å². The topological polar surface area (TPSA) is 12.0 Å². The van der Waals surface area contributed by atoms with Crippen molar-refractivity contribution in [2.45, 2.75) is 46.1 Å². The van der Waals surface area contributed by atoms with E-state index >= 15 is 0 Å². The molecule has 0 saturated carbocycles. The zero-order chi connectivity index (χ0) is 11.3. The van der Waals surface area contributed by atoms with Gasteiger partial charge in [-0.3, -0.25) is 0 Å². The van der Waals surface area contributed by atoms with E-state index in [2.05, 4.69) is 60.2 Å². The summed E-state index contributed by atoms with van der Waals surface area (Å²) in [5.41, 5.74) is 2.54. The minimum Gasteiger partial charge on any atom is -0.382 e. The second-order valence-corrected chi connectivity index (χ2v) is 4.95. The zero-order valence-corrected chi connectivity index (χ0v) is 11.4. The Bertz CT molecular complexity index is 309. The van der Waals surface area contributed by atoms with Gasteiger partial charge < -0.3 is 5.32 Å². The molecule has 1 N–H and O–H groups in total. The summed E-state index contributed by atoms with van der Waals surface area (Å²) in [7, 11) is 0. The Morgan fingerprint density at radius 1 is 1.40 bits per heavy atom. The van der Waals surface area contributed by atoms with Crippen LogP contribution in [0.15, 0.2) is 22.7 Å². The fourth-order valence-corrected chi connectivity index (χ4v) is 1.98. The average Bonchev–Trinajstić information content (AvgIpc) is 2.22. The van der Waals surface area contributed by atoms with Gasteiger partial charge in [-0.05, 0) is 38.0 Å². The number of halogens is 1. The third-order valence-electron chi connectivity index (χ3n) is 2.66. The first-order chi connectivity index (χ1) is 7.15. The predicted molar refractivity (Wildman–Crippen MR) is 71.5 cm³/mol. The van der Waals surface area contributed by atoms with Crippen LogP contribution in [0.25, 0.3) is 0 Å². The summed E-state index contributed by atoms with van der Waals surface area (Å²) >= 11 is 3.55. The lowest BCUT2D eigenvalue weighted by Crippen LogP contribution is -2.15. The fourth-order valence-electron chi connectivity index (χ4n) is 1.61. The number of benzene rings is 1. The van der Waals surface area contributed by atoms with Gasteiger partial charge in [-0.15, -0.1) is 0 Å². The van der Waals surface area contributed by atoms with Gasteiger partial charge in [0, 0.05) is 16.2 Å². The Morgan fingerprint density at radius 3 is 2.80 bits per heavy atom. The van der Waals surface area contributed by atoms with Gasteiger partial charge >= 0.3 is 0 Å². The Morgan fingerprint density at radius 2 is 2.13 bits per heavy atom. The summed E-state index contributed by atoms with van der Waals surface area (Å²) in [4.78, 5) is 0. The maximum absolute atomic E-state index is 3.56. The highest BCUT2D eigenvalue weighted by molar-refractivity contribution is 9.10. The number of hydrogen-bond donors (Lipinski definition) is 1. The lowest BCUT2D eigenvalue weighted by atomic mass is 10.1. The standard InChI is InChI=1S/C13H20BrN/c1-4-5-7-10(2)15-13-9-6-8-12(14)11(13)3/h6,8-10,15H,4-5,7H2,1-3H3. The maximum Gasteiger partial charge on any atom is 0.0383 e. The SMILES string of the molecule is CCCCC(C)Nc1cccc(Br)c1C. The van der Waals surface area contributed by atoms with Gasteiger partial charge in [0.2, 0.25) is 0 Å². The van der Waals surface area contributed by atoms with Gasteiger partial charge in [0.25, 0.3) is 0 Å². The molecule has 0 bridgehead atoms. The number of anilines is 1. The van der Waals surface area contributed by atoms with Crippen LogP contribution < -0.4 is 5.32 Å². The summed E-state index contributed by atoms with van der Waals surface area (Å²) in [5, 5.41) is 3.56. The van der Waals surface area contributed by atoms with Crippen molar-refractivity contribution in [3.05, 3.63) is 28.2 Å². The van der Waals surface area contributed by atoms with E-state index in [0.717, 1.165) is 0 Å². The molecule has 1 aromatic carbocycles. The molecule has 0 heterocycles. The fraction of sp³-hybridized carbons (Fsp3) is 0.538. The molecule has 1 aromatic rings. The third-order valence-corrected chi connectivity index (χ3v) is 3.52. The van der Waals surface area contributed by atoms with Gasteiger partial charge in [-0.1, -0.05) is 41.8 Å². The van der Waals surface area contributed by atoms with E-state index in [4.69, 9.17) is 0 Å². The molecule has 0 aromatic heterocycles. The quantitative estimate of drug-likeness (QED) is 0.814. The van der Waals surface area contributed by atoms with Crippen molar-refractivity contribution in [3.8, 4) is 0 Å². The monoisotopic (exact) mass is 269 g/mol. The molecule has 84 valence electrons. The van der Waals surface area contributed by atoms with Crippen LogP contribution in [0.2, 0.25) is 0 Å². The molecule has 0 fully saturated rings. The highest BCUT2D eigenvalue weighted by Gasteiger charge is 2.05. The molecule has 0 amide bonds. The van der Waals surface area contributed by atoms with Gasteiger partial charge in [0.05, 0.1) is 0 Å². The Labute approximate surface area is 101 Å². The lowest BCUT2D eigenvalue weighted by Gasteiger charge is -2.17. The van der Waals surface area contributed by atoms with Crippen molar-refractivity contribution in [1.82, 2.24) is 0 Å². The number of rotatable bonds is 5. The molecule has 1 rings (SSSR count). The smallest absolute Gasteiger partial charge is 0.0383 e. The number of nitrogens with one attached hydrogen (secondary N) is 1. The first-order valence-electron chi connectivity index (χ1n) is 5.66. The molecule has 1 unspecified atom stereocenters. The molecule has 0 spiro atoms. The largest absolute Gasteiger partial charge is 0.382 e. The van der Waals surface area contributed by atoms with Crippen LogP contribution in [-0.2, 0) is 0 Å². The summed E-state index contributed by atoms with van der Waals surface area (Å²) in [6, 6.07) is 6.85. The van der Waals surface area contributed by atoms with Crippen molar-refractivity contribution in [3.63, 3.8) is 0 Å². The van der Waals surface area contributed by atoms with Gasteiger partial charge in [0.1, 0.15) is 0 Å². The average molecular weight is 270 g/mol. The highest BCUT2D eigenvalue weighted by atomic mass is 79.9. The third kappa shape index (κ3) is 3.86. The van der Waals surface area contributed by atoms with Crippen molar-refractivity contribution in [2.24, 2.45) is 0 Å². The molecule has 0 aliphatic heterocycles. The van der Waals surface area contributed by atoms with E-state index in [9.17, 15) is 0 Å². The van der Waals surface area contributed by atoms with E-state index in [1.165, 1.54) is 35.0 Å². The Hall–Kier alpha value is -0.500. The zero-order valence-electron chi connectivity index (χ0n) is 9.81. The summed E-state index contributed by atoms with van der Waals surface area (Å²) in [5.74, 6) is 0. The van der Waals surface area contributed by atoms with Crippen LogP contribution in [0.4, 0.5) is 5.69 Å². The molecule has 1 nitrogen and oxygen atoms in total. The molecule has 0 saturated heterocycles. The molecule has 1 atom stereocenters. The van der Waals surface area contributed by atoms with Crippen molar-refractivity contribution < 1.29 is 0 Å². The van der Waals surface area contributed by atoms with Gasteiger partial charge in [-0.25, -0.2) is 0 Å². The van der Waals surface area contributed by atoms with Crippen molar-refractivity contribution in [2.75, 3.05) is 5.32 Å². The lowest BCUT2D eigenvalue weighted by molar-refractivity contribution is 0.645. The van der Waals surface area contributed by atoms with Crippen LogP contribution >= 0.6 is 15.9 Å². The van der Waals surface area contributed by atoms with Crippen molar-refractivity contribution >= 4 is 21.6 Å². The second kappa shape index (κ2) is 6.16. The highest BCUT2D eigenvalue weighted by Crippen LogP contribution is 2.24. The normalized spacial score (nSPS) is 12.5. The predicted octanol–water partition coefficient (Wildman–Crippen LogP) is 4.75. The summed E-state index contributed by atoms with van der Waals surface area (Å²) < 4.78 is 1.18. The second-order valence-electron chi connectivity index (χ2n) is 4.10.